The summed E-state index contributed by atoms with van der Waals surface area (Å²) in [6.45, 7) is 0. The van der Waals surface area contributed by atoms with Crippen molar-refractivity contribution in [2.45, 2.75) is 43.4 Å². The molecule has 0 bridgehead atoms. The molecule has 0 amide bonds. The highest BCUT2D eigenvalue weighted by atomic mass is 35.5. The maximum atomic E-state index is 13.1. The van der Waals surface area contributed by atoms with Crippen molar-refractivity contribution in [3.05, 3.63) is 35.4 Å². The first-order chi connectivity index (χ1) is 8.87. The molecule has 19 heavy (non-hydrogen) atoms. The van der Waals surface area contributed by atoms with E-state index < -0.39 is 17.6 Å². The van der Waals surface area contributed by atoms with Crippen LogP contribution in [0, 0.1) is 17.6 Å². The Hall–Kier alpha value is -0.770. The second-order valence-electron chi connectivity index (χ2n) is 5.16. The summed E-state index contributed by atoms with van der Waals surface area (Å²) in [7, 11) is 0. The molecule has 106 valence electrons. The molecule has 1 aromatic carbocycles. The van der Waals surface area contributed by atoms with Gasteiger partial charge in [-0.3, -0.25) is 0 Å². The summed E-state index contributed by atoms with van der Waals surface area (Å²) in [5, 5.41) is -0.319. The molecule has 0 N–H and O–H groups in total. The Balaban J connectivity index is 1.94. The van der Waals surface area contributed by atoms with E-state index in [1.165, 1.54) is 6.07 Å². The zero-order valence-corrected chi connectivity index (χ0v) is 11.1. The van der Waals surface area contributed by atoms with E-state index in [1.54, 1.807) is 0 Å². The normalized spacial score (nSPS) is 21.3. The van der Waals surface area contributed by atoms with Gasteiger partial charge in [0.1, 0.15) is 0 Å². The Morgan fingerprint density at radius 3 is 2.37 bits per heavy atom. The predicted molar refractivity (Wildman–Crippen MR) is 66.6 cm³/mol. The van der Waals surface area contributed by atoms with Crippen LogP contribution in [0.4, 0.5) is 17.6 Å². The van der Waals surface area contributed by atoms with E-state index in [2.05, 4.69) is 0 Å². The highest BCUT2D eigenvalue weighted by Crippen LogP contribution is 2.39. The van der Waals surface area contributed by atoms with Gasteiger partial charge in [0.2, 0.25) is 5.92 Å². The number of benzene rings is 1. The Kier molecular flexibility index (Phi) is 4.39. The number of alkyl halides is 3. The van der Waals surface area contributed by atoms with Crippen LogP contribution in [0.25, 0.3) is 0 Å². The first-order valence-corrected chi connectivity index (χ1v) is 6.77. The maximum Gasteiger partial charge on any atom is 0.248 e. The first-order valence-electron chi connectivity index (χ1n) is 6.33. The smallest absolute Gasteiger partial charge is 0.207 e. The van der Waals surface area contributed by atoms with E-state index in [0.717, 1.165) is 12.1 Å². The lowest BCUT2D eigenvalue weighted by Gasteiger charge is -2.31. The molecule has 0 radical (unpaired) electrons. The fraction of sp³-hybridized carbons (Fsp3) is 0.571. The van der Waals surface area contributed by atoms with Gasteiger partial charge in [-0.05, 0) is 42.9 Å². The molecule has 0 aliphatic heterocycles. The second kappa shape index (κ2) is 5.70. The Morgan fingerprint density at radius 2 is 1.79 bits per heavy atom. The van der Waals surface area contributed by atoms with Crippen LogP contribution in [0.5, 0.6) is 0 Å². The summed E-state index contributed by atoms with van der Waals surface area (Å²) in [6, 6.07) is 3.65. The van der Waals surface area contributed by atoms with Crippen LogP contribution in [0.1, 0.15) is 31.2 Å². The Labute approximate surface area is 114 Å². The topological polar surface area (TPSA) is 0 Å². The molecule has 1 aliphatic rings. The average Bonchev–Trinajstić information content (AvgIpc) is 2.33. The van der Waals surface area contributed by atoms with Crippen LogP contribution >= 0.6 is 11.6 Å². The van der Waals surface area contributed by atoms with E-state index in [9.17, 15) is 17.6 Å². The minimum Gasteiger partial charge on any atom is -0.207 e. The van der Waals surface area contributed by atoms with Gasteiger partial charge in [0.25, 0.3) is 0 Å². The summed E-state index contributed by atoms with van der Waals surface area (Å²) in [5.41, 5.74) is 0.594. The predicted octanol–water partition coefficient (Wildman–Crippen LogP) is 4.94. The Bertz CT molecular complexity index is 437. The van der Waals surface area contributed by atoms with Crippen LogP contribution < -0.4 is 0 Å². The van der Waals surface area contributed by atoms with Gasteiger partial charge in [-0.25, -0.2) is 17.6 Å². The van der Waals surface area contributed by atoms with E-state index >= 15 is 0 Å². The van der Waals surface area contributed by atoms with Crippen LogP contribution in [0.2, 0.25) is 0 Å². The van der Waals surface area contributed by atoms with E-state index in [4.69, 9.17) is 11.6 Å². The van der Waals surface area contributed by atoms with Gasteiger partial charge >= 0.3 is 0 Å². The van der Waals surface area contributed by atoms with Crippen molar-refractivity contribution in [3.8, 4) is 0 Å². The SMILES string of the molecule is Fc1ccc(CC(Cl)C2CCC(F)(F)CC2)cc1F. The minimum absolute atomic E-state index is 0.00871. The summed E-state index contributed by atoms with van der Waals surface area (Å²) in [5.74, 6) is -4.37. The zero-order valence-electron chi connectivity index (χ0n) is 10.3. The van der Waals surface area contributed by atoms with Crippen molar-refractivity contribution in [1.82, 2.24) is 0 Å². The summed E-state index contributed by atoms with van der Waals surface area (Å²) < 4.78 is 51.9. The van der Waals surface area contributed by atoms with Crippen molar-refractivity contribution >= 4 is 11.6 Å². The van der Waals surface area contributed by atoms with Gasteiger partial charge in [-0.15, -0.1) is 11.6 Å². The lowest BCUT2D eigenvalue weighted by Crippen LogP contribution is -2.29. The molecule has 0 heterocycles. The molecule has 1 aliphatic carbocycles. The third-order valence-electron chi connectivity index (χ3n) is 3.69. The van der Waals surface area contributed by atoms with Crippen molar-refractivity contribution < 1.29 is 17.6 Å². The van der Waals surface area contributed by atoms with Gasteiger partial charge in [0.05, 0.1) is 0 Å². The van der Waals surface area contributed by atoms with E-state index in [0.29, 0.717) is 24.8 Å². The van der Waals surface area contributed by atoms with Crippen molar-refractivity contribution in [1.29, 1.82) is 0 Å². The summed E-state index contributed by atoms with van der Waals surface area (Å²) in [4.78, 5) is 0. The molecule has 0 aromatic heterocycles. The van der Waals surface area contributed by atoms with E-state index in [-0.39, 0.29) is 24.1 Å². The zero-order chi connectivity index (χ0) is 14.0. The lowest BCUT2D eigenvalue weighted by molar-refractivity contribution is -0.0459. The molecule has 0 saturated heterocycles. The first kappa shape index (κ1) is 14.6. The number of hydrogen-bond donors (Lipinski definition) is 0. The molecule has 1 aromatic rings. The highest BCUT2D eigenvalue weighted by Gasteiger charge is 2.37. The average molecular weight is 295 g/mol. The van der Waals surface area contributed by atoms with Gasteiger partial charge < -0.3 is 0 Å². The second-order valence-corrected chi connectivity index (χ2v) is 5.72. The highest BCUT2D eigenvalue weighted by molar-refractivity contribution is 6.20. The lowest BCUT2D eigenvalue weighted by atomic mass is 9.83. The standard InChI is InChI=1S/C14H15ClF4/c15-11(10-3-5-14(18,19)6-4-10)7-9-1-2-12(16)13(17)8-9/h1-2,8,10-11H,3-7H2. The molecular formula is C14H15ClF4. The molecule has 5 heteroatoms. The fourth-order valence-electron chi connectivity index (χ4n) is 2.48. The van der Waals surface area contributed by atoms with Crippen LogP contribution in [-0.2, 0) is 6.42 Å². The minimum atomic E-state index is -2.57. The Morgan fingerprint density at radius 1 is 1.16 bits per heavy atom. The molecule has 0 spiro atoms. The number of hydrogen-bond acceptors (Lipinski definition) is 0. The van der Waals surface area contributed by atoms with Gasteiger partial charge in [-0.1, -0.05) is 6.07 Å². The summed E-state index contributed by atoms with van der Waals surface area (Å²) >= 11 is 6.22. The van der Waals surface area contributed by atoms with E-state index in [1.807, 2.05) is 0 Å². The van der Waals surface area contributed by atoms with Gasteiger partial charge in [0, 0.05) is 18.2 Å². The third-order valence-corrected chi connectivity index (χ3v) is 4.20. The number of rotatable bonds is 3. The molecule has 1 saturated carbocycles. The van der Waals surface area contributed by atoms with Crippen molar-refractivity contribution in [3.63, 3.8) is 0 Å². The van der Waals surface area contributed by atoms with Crippen LogP contribution in [0.3, 0.4) is 0 Å². The van der Waals surface area contributed by atoms with Gasteiger partial charge in [0.15, 0.2) is 11.6 Å². The quantitative estimate of drug-likeness (QED) is 0.547. The monoisotopic (exact) mass is 294 g/mol. The molecule has 1 unspecified atom stereocenters. The van der Waals surface area contributed by atoms with Gasteiger partial charge in [-0.2, -0.15) is 0 Å². The largest absolute Gasteiger partial charge is 0.248 e. The third kappa shape index (κ3) is 3.85. The molecule has 0 nitrogen and oxygen atoms in total. The fourth-order valence-corrected chi connectivity index (χ4v) is 2.91. The van der Waals surface area contributed by atoms with Crippen molar-refractivity contribution in [2.24, 2.45) is 5.92 Å². The molecule has 2 rings (SSSR count). The summed E-state index contributed by atoms with van der Waals surface area (Å²) in [6.07, 6.45) is 0.849. The number of halogens is 5. The molecular weight excluding hydrogens is 280 g/mol. The van der Waals surface area contributed by atoms with Crippen molar-refractivity contribution in [2.75, 3.05) is 0 Å². The van der Waals surface area contributed by atoms with Crippen LogP contribution in [-0.4, -0.2) is 11.3 Å². The molecule has 1 atom stereocenters. The maximum absolute atomic E-state index is 13.1. The van der Waals surface area contributed by atoms with Crippen LogP contribution in [0.15, 0.2) is 18.2 Å². The molecule has 1 fully saturated rings.